The van der Waals surface area contributed by atoms with Gasteiger partial charge in [-0.25, -0.2) is 0 Å². The molecule has 2 heteroatoms. The molecular formula is C15H26N2. The fraction of sp³-hybridized carbons (Fsp3) is 0.600. The van der Waals surface area contributed by atoms with Crippen LogP contribution in [-0.2, 0) is 0 Å². The molecule has 1 rings (SSSR count). The smallest absolute Gasteiger partial charge is 0.0295 e. The molecule has 0 aliphatic carbocycles. The van der Waals surface area contributed by atoms with Crippen LogP contribution in [0.1, 0.15) is 44.7 Å². The maximum Gasteiger partial charge on any atom is 0.0295 e. The Morgan fingerprint density at radius 1 is 1.24 bits per heavy atom. The molecule has 17 heavy (non-hydrogen) atoms. The summed E-state index contributed by atoms with van der Waals surface area (Å²) in [5.74, 6) is 0. The van der Waals surface area contributed by atoms with Crippen molar-refractivity contribution in [1.82, 2.24) is 4.90 Å². The van der Waals surface area contributed by atoms with E-state index in [-0.39, 0.29) is 6.04 Å². The molecule has 2 atom stereocenters. The molecule has 2 unspecified atom stereocenters. The van der Waals surface area contributed by atoms with Crippen molar-refractivity contribution in [3.05, 3.63) is 35.9 Å². The highest BCUT2D eigenvalue weighted by atomic mass is 15.1. The van der Waals surface area contributed by atoms with Gasteiger partial charge in [0.1, 0.15) is 0 Å². The zero-order valence-electron chi connectivity index (χ0n) is 11.4. The predicted molar refractivity (Wildman–Crippen MR) is 75.0 cm³/mol. The number of rotatable bonds is 7. The van der Waals surface area contributed by atoms with Crippen molar-refractivity contribution in [2.75, 3.05) is 13.6 Å². The molecule has 0 aliphatic rings. The highest BCUT2D eigenvalue weighted by Crippen LogP contribution is 2.15. The Morgan fingerprint density at radius 2 is 1.88 bits per heavy atom. The third kappa shape index (κ3) is 4.88. The van der Waals surface area contributed by atoms with E-state index in [1.807, 2.05) is 6.07 Å². The largest absolute Gasteiger partial charge is 0.324 e. The summed E-state index contributed by atoms with van der Waals surface area (Å²) >= 11 is 0. The molecule has 0 saturated heterocycles. The van der Waals surface area contributed by atoms with Crippen molar-refractivity contribution >= 4 is 0 Å². The first kappa shape index (κ1) is 14.2. The number of nitrogens with zero attached hydrogens (tertiary/aromatic N) is 1. The van der Waals surface area contributed by atoms with Crippen LogP contribution in [0.25, 0.3) is 0 Å². The van der Waals surface area contributed by atoms with Crippen LogP contribution in [0.3, 0.4) is 0 Å². The van der Waals surface area contributed by atoms with Gasteiger partial charge in [0, 0.05) is 12.1 Å². The minimum absolute atomic E-state index is 0.182. The average Bonchev–Trinajstić information content (AvgIpc) is 2.38. The van der Waals surface area contributed by atoms with Gasteiger partial charge >= 0.3 is 0 Å². The van der Waals surface area contributed by atoms with Gasteiger partial charge in [-0.2, -0.15) is 0 Å². The van der Waals surface area contributed by atoms with Crippen molar-refractivity contribution in [1.29, 1.82) is 0 Å². The van der Waals surface area contributed by atoms with Gasteiger partial charge in [0.05, 0.1) is 0 Å². The molecule has 0 spiro atoms. The fourth-order valence-corrected chi connectivity index (χ4v) is 1.96. The summed E-state index contributed by atoms with van der Waals surface area (Å²) in [4.78, 5) is 2.41. The quantitative estimate of drug-likeness (QED) is 0.785. The van der Waals surface area contributed by atoms with Gasteiger partial charge < -0.3 is 10.6 Å². The van der Waals surface area contributed by atoms with Gasteiger partial charge in [0.2, 0.25) is 0 Å². The van der Waals surface area contributed by atoms with E-state index in [9.17, 15) is 0 Å². The topological polar surface area (TPSA) is 29.3 Å². The van der Waals surface area contributed by atoms with Crippen molar-refractivity contribution in [2.45, 2.75) is 45.2 Å². The molecular weight excluding hydrogens is 208 g/mol. The first-order chi connectivity index (χ1) is 8.15. The second-order valence-corrected chi connectivity index (χ2v) is 4.90. The maximum absolute atomic E-state index is 6.17. The maximum atomic E-state index is 6.17. The lowest BCUT2D eigenvalue weighted by Gasteiger charge is -2.24. The van der Waals surface area contributed by atoms with Crippen LogP contribution >= 0.6 is 0 Å². The van der Waals surface area contributed by atoms with E-state index in [1.165, 1.54) is 12.0 Å². The van der Waals surface area contributed by atoms with E-state index >= 15 is 0 Å². The van der Waals surface area contributed by atoms with Crippen LogP contribution in [-0.4, -0.2) is 24.5 Å². The molecule has 0 aliphatic heterocycles. The van der Waals surface area contributed by atoms with E-state index in [0.29, 0.717) is 6.04 Å². The van der Waals surface area contributed by atoms with E-state index in [2.05, 4.69) is 50.1 Å². The van der Waals surface area contributed by atoms with Gasteiger partial charge in [0.15, 0.2) is 0 Å². The molecule has 2 N–H and O–H groups in total. The monoisotopic (exact) mass is 234 g/mol. The van der Waals surface area contributed by atoms with Crippen LogP contribution in [0.15, 0.2) is 30.3 Å². The first-order valence-electron chi connectivity index (χ1n) is 6.66. The Kier molecular flexibility index (Phi) is 6.23. The lowest BCUT2D eigenvalue weighted by atomic mass is 10.0. The van der Waals surface area contributed by atoms with Crippen LogP contribution in [0.2, 0.25) is 0 Å². The predicted octanol–water partition coefficient (Wildman–Crippen LogP) is 3.20. The summed E-state index contributed by atoms with van der Waals surface area (Å²) in [5, 5.41) is 0. The zero-order chi connectivity index (χ0) is 12.7. The molecule has 0 saturated carbocycles. The number of benzene rings is 1. The normalized spacial score (nSPS) is 14.9. The summed E-state index contributed by atoms with van der Waals surface area (Å²) in [6, 6.07) is 11.2. The fourth-order valence-electron chi connectivity index (χ4n) is 1.96. The van der Waals surface area contributed by atoms with Crippen LogP contribution in [0, 0.1) is 0 Å². The van der Waals surface area contributed by atoms with Gasteiger partial charge in [-0.1, -0.05) is 37.3 Å². The average molecular weight is 234 g/mol. The SMILES string of the molecule is CCC(C)N(C)CCCC(N)c1ccccc1. The zero-order valence-corrected chi connectivity index (χ0v) is 11.4. The van der Waals surface area contributed by atoms with E-state index in [0.717, 1.165) is 19.4 Å². The molecule has 0 amide bonds. The minimum atomic E-state index is 0.182. The summed E-state index contributed by atoms with van der Waals surface area (Å²) in [6.07, 6.45) is 3.43. The lowest BCUT2D eigenvalue weighted by Crippen LogP contribution is -2.29. The van der Waals surface area contributed by atoms with Gasteiger partial charge in [-0.05, 0) is 45.3 Å². The lowest BCUT2D eigenvalue weighted by molar-refractivity contribution is 0.245. The highest BCUT2D eigenvalue weighted by molar-refractivity contribution is 5.18. The van der Waals surface area contributed by atoms with Gasteiger partial charge in [0.25, 0.3) is 0 Å². The van der Waals surface area contributed by atoms with E-state index < -0.39 is 0 Å². The van der Waals surface area contributed by atoms with Crippen molar-refractivity contribution < 1.29 is 0 Å². The molecule has 0 heterocycles. The van der Waals surface area contributed by atoms with Crippen LogP contribution in [0.5, 0.6) is 0 Å². The summed E-state index contributed by atoms with van der Waals surface area (Å²) in [6.45, 7) is 5.64. The standard InChI is InChI=1S/C15H26N2/c1-4-13(2)17(3)12-8-11-15(16)14-9-6-5-7-10-14/h5-7,9-10,13,15H,4,8,11-12,16H2,1-3H3. The van der Waals surface area contributed by atoms with Crippen molar-refractivity contribution in [2.24, 2.45) is 5.73 Å². The van der Waals surface area contributed by atoms with Crippen molar-refractivity contribution in [3.63, 3.8) is 0 Å². The molecule has 96 valence electrons. The first-order valence-corrected chi connectivity index (χ1v) is 6.66. The summed E-state index contributed by atoms with van der Waals surface area (Å²) < 4.78 is 0. The summed E-state index contributed by atoms with van der Waals surface area (Å²) in [5.41, 5.74) is 7.42. The third-order valence-corrected chi connectivity index (χ3v) is 3.60. The van der Waals surface area contributed by atoms with Gasteiger partial charge in [-0.15, -0.1) is 0 Å². The molecule has 1 aromatic rings. The number of hydrogen-bond donors (Lipinski definition) is 1. The van der Waals surface area contributed by atoms with Gasteiger partial charge in [-0.3, -0.25) is 0 Å². The Morgan fingerprint density at radius 3 is 2.47 bits per heavy atom. The van der Waals surface area contributed by atoms with E-state index in [4.69, 9.17) is 5.73 Å². The third-order valence-electron chi connectivity index (χ3n) is 3.60. The molecule has 0 bridgehead atoms. The second kappa shape index (κ2) is 7.46. The second-order valence-electron chi connectivity index (χ2n) is 4.90. The Hall–Kier alpha value is -0.860. The molecule has 0 aromatic heterocycles. The summed E-state index contributed by atoms with van der Waals surface area (Å²) in [7, 11) is 2.20. The Balaban J connectivity index is 2.27. The molecule has 0 radical (unpaired) electrons. The van der Waals surface area contributed by atoms with Crippen LogP contribution < -0.4 is 5.73 Å². The molecule has 1 aromatic carbocycles. The minimum Gasteiger partial charge on any atom is -0.324 e. The Bertz CT molecular complexity index is 297. The number of nitrogens with two attached hydrogens (primary N) is 1. The van der Waals surface area contributed by atoms with E-state index in [1.54, 1.807) is 0 Å². The Labute approximate surface area is 106 Å². The molecule has 2 nitrogen and oxygen atoms in total. The molecule has 0 fully saturated rings. The highest BCUT2D eigenvalue weighted by Gasteiger charge is 2.08. The van der Waals surface area contributed by atoms with Crippen LogP contribution in [0.4, 0.5) is 0 Å². The number of hydrogen-bond acceptors (Lipinski definition) is 2. The van der Waals surface area contributed by atoms with Crippen molar-refractivity contribution in [3.8, 4) is 0 Å².